The highest BCUT2D eigenvalue weighted by Gasteiger charge is 2.31. The van der Waals surface area contributed by atoms with Gasteiger partial charge in [0.25, 0.3) is 0 Å². The molecule has 1 saturated heterocycles. The van der Waals surface area contributed by atoms with Crippen LogP contribution in [0.2, 0.25) is 0 Å². The molecule has 6 heteroatoms. The zero-order valence-corrected chi connectivity index (χ0v) is 12.7. The third-order valence-corrected chi connectivity index (χ3v) is 3.42. The molecule has 1 rings (SSSR count). The first-order chi connectivity index (χ1) is 9.23. The van der Waals surface area contributed by atoms with E-state index < -0.39 is 17.7 Å². The number of ether oxygens (including phenoxy) is 1. The van der Waals surface area contributed by atoms with E-state index in [1.807, 2.05) is 27.7 Å². The smallest absolute Gasteiger partial charge is 0.407 e. The summed E-state index contributed by atoms with van der Waals surface area (Å²) in [6.07, 6.45) is 1.69. The fraction of sp³-hybridized carbons (Fsp3) is 0.857. The van der Waals surface area contributed by atoms with Crippen LogP contribution < -0.4 is 10.6 Å². The van der Waals surface area contributed by atoms with Gasteiger partial charge in [-0.15, -0.1) is 0 Å². The standard InChI is InChI=1S/C14H26N2O4/c1-5-10(12(17)18)11-7-6-9(8-15-11)16-13(19)20-14(2,3)4/h9-11,15H,5-8H2,1-4H3,(H,16,19)(H,17,18). The lowest BCUT2D eigenvalue weighted by molar-refractivity contribution is -0.143. The second kappa shape index (κ2) is 6.92. The van der Waals surface area contributed by atoms with E-state index in [2.05, 4.69) is 10.6 Å². The van der Waals surface area contributed by atoms with Crippen molar-refractivity contribution >= 4 is 12.1 Å². The van der Waals surface area contributed by atoms with E-state index >= 15 is 0 Å². The number of carbonyl (C=O) groups is 2. The van der Waals surface area contributed by atoms with Gasteiger partial charge in [-0.1, -0.05) is 6.92 Å². The highest BCUT2D eigenvalue weighted by Crippen LogP contribution is 2.19. The van der Waals surface area contributed by atoms with Crippen LogP contribution in [-0.2, 0) is 9.53 Å². The molecule has 6 nitrogen and oxygen atoms in total. The zero-order valence-electron chi connectivity index (χ0n) is 12.7. The molecule has 0 aliphatic carbocycles. The summed E-state index contributed by atoms with van der Waals surface area (Å²) in [4.78, 5) is 22.8. The van der Waals surface area contributed by atoms with Gasteiger partial charge in [-0.2, -0.15) is 0 Å². The largest absolute Gasteiger partial charge is 0.481 e. The Morgan fingerprint density at radius 1 is 1.40 bits per heavy atom. The van der Waals surface area contributed by atoms with Gasteiger partial charge >= 0.3 is 12.1 Å². The van der Waals surface area contributed by atoms with E-state index in [-0.39, 0.29) is 18.0 Å². The minimum Gasteiger partial charge on any atom is -0.481 e. The third kappa shape index (κ3) is 5.36. The van der Waals surface area contributed by atoms with E-state index in [1.165, 1.54) is 0 Å². The summed E-state index contributed by atoms with van der Waals surface area (Å²) in [6, 6.07) is -0.0263. The van der Waals surface area contributed by atoms with E-state index in [0.717, 1.165) is 12.8 Å². The lowest BCUT2D eigenvalue weighted by atomic mass is 9.89. The zero-order chi connectivity index (χ0) is 15.3. The maximum absolute atomic E-state index is 11.7. The van der Waals surface area contributed by atoms with Crippen LogP contribution in [-0.4, -0.2) is 41.4 Å². The minimum atomic E-state index is -0.761. The molecule has 3 unspecified atom stereocenters. The number of rotatable bonds is 4. The van der Waals surface area contributed by atoms with Crippen LogP contribution in [0.25, 0.3) is 0 Å². The van der Waals surface area contributed by atoms with Crippen molar-refractivity contribution in [3.05, 3.63) is 0 Å². The maximum Gasteiger partial charge on any atom is 0.407 e. The van der Waals surface area contributed by atoms with Crippen LogP contribution in [0.15, 0.2) is 0 Å². The van der Waals surface area contributed by atoms with Crippen molar-refractivity contribution in [2.45, 2.75) is 64.6 Å². The molecule has 0 aromatic rings. The van der Waals surface area contributed by atoms with Gasteiger partial charge in [-0.05, 0) is 40.0 Å². The SMILES string of the molecule is CCC(C(=O)O)C1CCC(NC(=O)OC(C)(C)C)CN1. The molecule has 0 aromatic heterocycles. The predicted octanol–water partition coefficient (Wildman–Crippen LogP) is 1.74. The fourth-order valence-electron chi connectivity index (χ4n) is 2.45. The molecule has 0 spiro atoms. The average molecular weight is 286 g/mol. The number of amides is 1. The minimum absolute atomic E-state index is 0.00704. The Kier molecular flexibility index (Phi) is 5.80. The maximum atomic E-state index is 11.7. The Morgan fingerprint density at radius 2 is 2.05 bits per heavy atom. The van der Waals surface area contributed by atoms with E-state index in [9.17, 15) is 9.59 Å². The number of hydrogen-bond acceptors (Lipinski definition) is 4. The van der Waals surface area contributed by atoms with E-state index in [1.54, 1.807) is 0 Å². The van der Waals surface area contributed by atoms with E-state index in [0.29, 0.717) is 13.0 Å². The number of aliphatic carboxylic acids is 1. The molecule has 0 bridgehead atoms. The summed E-state index contributed by atoms with van der Waals surface area (Å²) >= 11 is 0. The van der Waals surface area contributed by atoms with E-state index in [4.69, 9.17) is 9.84 Å². The van der Waals surface area contributed by atoms with Gasteiger partial charge in [0.15, 0.2) is 0 Å². The highest BCUT2D eigenvalue weighted by atomic mass is 16.6. The number of carboxylic acids is 1. The molecule has 1 fully saturated rings. The second-order valence-corrected chi connectivity index (χ2v) is 6.29. The molecule has 1 amide bonds. The third-order valence-electron chi connectivity index (χ3n) is 3.42. The topological polar surface area (TPSA) is 87.7 Å². The fourth-order valence-corrected chi connectivity index (χ4v) is 2.45. The van der Waals surface area contributed by atoms with Crippen LogP contribution in [0, 0.1) is 5.92 Å². The normalized spacial score (nSPS) is 24.8. The monoisotopic (exact) mass is 286 g/mol. The first-order valence-corrected chi connectivity index (χ1v) is 7.18. The second-order valence-electron chi connectivity index (χ2n) is 6.29. The van der Waals surface area contributed by atoms with Gasteiger partial charge in [0.1, 0.15) is 5.60 Å². The van der Waals surface area contributed by atoms with Gasteiger partial charge in [0, 0.05) is 18.6 Å². The molecule has 0 aromatic carbocycles. The van der Waals surface area contributed by atoms with Gasteiger partial charge in [0.05, 0.1) is 5.92 Å². The summed E-state index contributed by atoms with van der Waals surface area (Å²) in [6.45, 7) is 7.92. The van der Waals surface area contributed by atoms with Crippen LogP contribution in [0.1, 0.15) is 47.0 Å². The van der Waals surface area contributed by atoms with Crippen molar-refractivity contribution in [1.29, 1.82) is 0 Å². The number of nitrogens with one attached hydrogen (secondary N) is 2. The molecule has 1 aliphatic rings. The highest BCUT2D eigenvalue weighted by molar-refractivity contribution is 5.71. The quantitative estimate of drug-likeness (QED) is 0.732. The Labute approximate surface area is 120 Å². The number of hydrogen-bond donors (Lipinski definition) is 3. The van der Waals surface area contributed by atoms with Crippen molar-refractivity contribution < 1.29 is 19.4 Å². The lowest BCUT2D eigenvalue weighted by Gasteiger charge is -2.33. The van der Waals surface area contributed by atoms with Gasteiger partial charge in [-0.25, -0.2) is 4.79 Å². The molecular formula is C14H26N2O4. The van der Waals surface area contributed by atoms with Crippen molar-refractivity contribution in [3.63, 3.8) is 0 Å². The van der Waals surface area contributed by atoms with Crippen molar-refractivity contribution in [1.82, 2.24) is 10.6 Å². The number of carboxylic acid groups (broad SMARTS) is 1. The molecule has 3 N–H and O–H groups in total. The van der Waals surface area contributed by atoms with Crippen molar-refractivity contribution in [2.24, 2.45) is 5.92 Å². The summed E-state index contributed by atoms with van der Waals surface area (Å²) < 4.78 is 5.20. The summed E-state index contributed by atoms with van der Waals surface area (Å²) in [5.74, 6) is -1.12. The average Bonchev–Trinajstić information content (AvgIpc) is 2.29. The Bertz CT molecular complexity index is 344. The molecule has 3 atom stereocenters. The number of carbonyl (C=O) groups excluding carboxylic acids is 1. The van der Waals surface area contributed by atoms with Crippen LogP contribution >= 0.6 is 0 Å². The number of piperidine rings is 1. The molecule has 0 radical (unpaired) electrons. The van der Waals surface area contributed by atoms with Crippen LogP contribution in [0.5, 0.6) is 0 Å². The molecular weight excluding hydrogens is 260 g/mol. The van der Waals surface area contributed by atoms with Gasteiger partial charge in [0.2, 0.25) is 0 Å². The molecule has 1 heterocycles. The van der Waals surface area contributed by atoms with Crippen molar-refractivity contribution in [3.8, 4) is 0 Å². The van der Waals surface area contributed by atoms with Gasteiger partial charge in [-0.3, -0.25) is 4.79 Å². The summed E-state index contributed by atoms with van der Waals surface area (Å²) in [7, 11) is 0. The first kappa shape index (κ1) is 16.8. The number of alkyl carbamates (subject to hydrolysis) is 1. The molecule has 20 heavy (non-hydrogen) atoms. The molecule has 0 saturated carbocycles. The van der Waals surface area contributed by atoms with Gasteiger partial charge < -0.3 is 20.5 Å². The van der Waals surface area contributed by atoms with Crippen molar-refractivity contribution in [2.75, 3.05) is 6.54 Å². The molecule has 116 valence electrons. The summed E-state index contributed by atoms with van der Waals surface area (Å²) in [5, 5.41) is 15.2. The first-order valence-electron chi connectivity index (χ1n) is 7.18. The van der Waals surface area contributed by atoms with Crippen LogP contribution in [0.3, 0.4) is 0 Å². The predicted molar refractivity (Wildman–Crippen MR) is 75.6 cm³/mol. The summed E-state index contributed by atoms with van der Waals surface area (Å²) in [5.41, 5.74) is -0.509. The lowest BCUT2D eigenvalue weighted by Crippen LogP contribution is -2.53. The Balaban J connectivity index is 2.39. The molecule has 1 aliphatic heterocycles. The Morgan fingerprint density at radius 3 is 2.45 bits per heavy atom. The Hall–Kier alpha value is -1.30. The van der Waals surface area contributed by atoms with Crippen LogP contribution in [0.4, 0.5) is 4.79 Å².